The smallest absolute Gasteiger partial charge is 1.00 e. The second kappa shape index (κ2) is 26.6. The van der Waals surface area contributed by atoms with Crippen LogP contribution in [0.5, 0.6) is 0 Å². The van der Waals surface area contributed by atoms with Gasteiger partial charge in [-0.15, -0.1) is 0 Å². The Bertz CT molecular complexity index is 1790. The van der Waals surface area contributed by atoms with Crippen molar-refractivity contribution >= 4 is 34.4 Å². The molecule has 0 amide bonds. The summed E-state index contributed by atoms with van der Waals surface area (Å²) < 4.78 is 0. The molecule has 0 unspecified atom stereocenters. The molecule has 1 radical (unpaired) electrons. The minimum Gasteiger partial charge on any atom is -1.00 e. The van der Waals surface area contributed by atoms with E-state index in [-0.39, 0.29) is 54.3 Å². The van der Waals surface area contributed by atoms with E-state index >= 15 is 0 Å². The van der Waals surface area contributed by atoms with Crippen LogP contribution in [0.4, 0.5) is 11.4 Å². The molecule has 65 heavy (non-hydrogen) atoms. The van der Waals surface area contributed by atoms with E-state index in [1.165, 1.54) is 204 Å². The van der Waals surface area contributed by atoms with Gasteiger partial charge >= 0.3 is 17.1 Å². The third-order valence-electron chi connectivity index (χ3n) is 16.8. The summed E-state index contributed by atoms with van der Waals surface area (Å²) in [5, 5.41) is 0.726. The minimum absolute atomic E-state index is 0. The van der Waals surface area contributed by atoms with E-state index in [9.17, 15) is 0 Å². The molecule has 0 bridgehead atoms. The van der Waals surface area contributed by atoms with Crippen LogP contribution < -0.4 is 37.2 Å². The van der Waals surface area contributed by atoms with Crippen LogP contribution in [-0.2, 0) is 17.1 Å². The van der Waals surface area contributed by atoms with Crippen molar-refractivity contribution in [1.29, 1.82) is 0 Å². The summed E-state index contributed by atoms with van der Waals surface area (Å²) >= 11 is 7.12. The molecule has 6 aliphatic carbocycles. The zero-order valence-corrected chi connectivity index (χ0v) is 44.0. The van der Waals surface area contributed by atoms with Gasteiger partial charge in [-0.05, 0) is 172 Å². The topological polar surface area (TPSA) is 37.6 Å². The molecule has 0 saturated heterocycles. The molecule has 8 heteroatoms. The van der Waals surface area contributed by atoms with E-state index in [1.54, 1.807) is 33.4 Å². The van der Waals surface area contributed by atoms with Gasteiger partial charge in [0.15, 0.2) is 0 Å². The molecule has 1 aromatic heterocycles. The Morgan fingerprint density at radius 3 is 0.862 bits per heavy atom. The number of halogens is 4. The van der Waals surface area contributed by atoms with Crippen molar-refractivity contribution < 1.29 is 54.3 Å². The molecule has 0 aliphatic heterocycles. The maximum Gasteiger partial charge on any atom is 3.00 e. The largest absolute Gasteiger partial charge is 3.00 e. The zero-order chi connectivity index (χ0) is 41.5. The van der Waals surface area contributed by atoms with Gasteiger partial charge in [0.2, 0.25) is 0 Å². The predicted molar refractivity (Wildman–Crippen MR) is 261 cm³/mol. The van der Waals surface area contributed by atoms with Crippen molar-refractivity contribution in [2.75, 3.05) is 0 Å². The summed E-state index contributed by atoms with van der Waals surface area (Å²) in [5.41, 5.74) is 15.8. The summed E-state index contributed by atoms with van der Waals surface area (Å²) in [6.45, 7) is 4.40. The average Bonchev–Trinajstić information content (AvgIpc) is 3.33. The van der Waals surface area contributed by atoms with Gasteiger partial charge in [0.25, 0.3) is 0 Å². The first-order valence-corrected chi connectivity index (χ1v) is 26.5. The van der Waals surface area contributed by atoms with E-state index in [2.05, 4.69) is 50.2 Å². The van der Waals surface area contributed by atoms with Crippen LogP contribution in [0.15, 0.2) is 46.4 Å². The third kappa shape index (κ3) is 13.5. The number of nitrogens with zero attached hydrogens (tertiary/aromatic N) is 3. The van der Waals surface area contributed by atoms with Crippen molar-refractivity contribution in [3.05, 3.63) is 86.2 Å². The first-order chi connectivity index (χ1) is 30.0. The number of aromatic nitrogens is 1. The molecule has 2 aromatic carbocycles. The molecule has 0 N–H and O–H groups in total. The SMILES string of the molecule is CC(=Nc1c(C2CCCCC2)cc(C2CCCCC2)cc1C1CCCCC1)c1cc(Cl)cc(C(C)=Nc2c(C3CCCCC3)cc(C3CCCCC3)cc2C2CCCCC2)n1.[Cl-].[Cl-].[Cl-].[Fe+3]. The maximum absolute atomic E-state index is 7.12. The summed E-state index contributed by atoms with van der Waals surface area (Å²) in [6, 6.07) is 14.8. The fourth-order valence-electron chi connectivity index (χ4n) is 13.2. The first-order valence-electron chi connectivity index (χ1n) is 26.1. The molecule has 3 aromatic rings. The predicted octanol–water partition coefficient (Wildman–Crippen LogP) is 9.31. The van der Waals surface area contributed by atoms with Crippen molar-refractivity contribution in [2.45, 2.75) is 242 Å². The van der Waals surface area contributed by atoms with Crippen LogP contribution in [0.2, 0.25) is 5.02 Å². The number of aliphatic imine (C=N–C) groups is 2. The van der Waals surface area contributed by atoms with Crippen LogP contribution in [-0.4, -0.2) is 16.4 Å². The number of rotatable bonds is 10. The van der Waals surface area contributed by atoms with Crippen LogP contribution in [0.3, 0.4) is 0 Å². The second-order valence-corrected chi connectivity index (χ2v) is 21.5. The Kier molecular flexibility index (Phi) is 22.3. The van der Waals surface area contributed by atoms with Gasteiger partial charge in [-0.1, -0.05) is 151 Å². The van der Waals surface area contributed by atoms with E-state index in [4.69, 9.17) is 26.6 Å². The fourth-order valence-corrected chi connectivity index (χ4v) is 13.4. The van der Waals surface area contributed by atoms with Crippen LogP contribution >= 0.6 is 11.6 Å². The van der Waals surface area contributed by atoms with E-state index < -0.39 is 0 Å². The molecule has 357 valence electrons. The molecular formula is C57H78Cl4FeN3. The average molecular weight is 1000 g/mol. The van der Waals surface area contributed by atoms with Gasteiger partial charge in [0, 0.05) is 5.02 Å². The molecule has 6 aliphatic rings. The van der Waals surface area contributed by atoms with Crippen molar-refractivity contribution in [1.82, 2.24) is 4.98 Å². The Balaban J connectivity index is 0.00000198. The Morgan fingerprint density at radius 2 is 0.615 bits per heavy atom. The van der Waals surface area contributed by atoms with E-state index in [0.717, 1.165) is 27.8 Å². The Hall–Kier alpha value is -1.39. The monoisotopic (exact) mass is 1000 g/mol. The normalized spacial score (nSPS) is 21.7. The van der Waals surface area contributed by atoms with Crippen molar-refractivity contribution in [3.63, 3.8) is 0 Å². The standard InChI is InChI=1S/C57H78ClN3.3ClH.Fe/c1-39(59-56-50(43-25-13-5-14-26-43)33-47(41-21-9-3-10-22-41)34-51(56)44-27-15-6-16-28-44)54-37-49(58)38-55(61-54)40(2)60-57-52(45-29-17-7-18-30-45)35-48(42-23-11-4-12-24-42)36-53(57)46-31-19-8-20-32-46;;;;/h33-38,41-46H,3-32H2,1-2H3;3*1H;/q;;;;+3/p-3. The van der Waals surface area contributed by atoms with Gasteiger partial charge < -0.3 is 37.2 Å². The molecule has 0 atom stereocenters. The number of hydrogen-bond donors (Lipinski definition) is 0. The number of benzene rings is 2. The second-order valence-electron chi connectivity index (χ2n) is 21.1. The van der Waals surface area contributed by atoms with Gasteiger partial charge in [-0.3, -0.25) is 9.98 Å². The quantitative estimate of drug-likeness (QED) is 0.148. The number of hydrogen-bond acceptors (Lipinski definition) is 3. The first kappa shape index (κ1) is 54.5. The van der Waals surface area contributed by atoms with Crippen LogP contribution in [0.25, 0.3) is 0 Å². The molecule has 1 heterocycles. The molecule has 9 rings (SSSR count). The summed E-state index contributed by atoms with van der Waals surface area (Å²) in [7, 11) is 0. The molecule has 6 saturated carbocycles. The van der Waals surface area contributed by atoms with Gasteiger partial charge in [-0.2, -0.15) is 0 Å². The third-order valence-corrected chi connectivity index (χ3v) is 17.0. The van der Waals surface area contributed by atoms with Crippen LogP contribution in [0, 0.1) is 0 Å². The molecule has 0 spiro atoms. The van der Waals surface area contributed by atoms with Gasteiger partial charge in [0.1, 0.15) is 0 Å². The Labute approximate surface area is 428 Å². The van der Waals surface area contributed by atoms with Crippen molar-refractivity contribution in [3.8, 4) is 0 Å². The summed E-state index contributed by atoms with van der Waals surface area (Å²) in [5.74, 6) is 3.82. The summed E-state index contributed by atoms with van der Waals surface area (Å²) in [4.78, 5) is 16.9. The summed E-state index contributed by atoms with van der Waals surface area (Å²) in [6.07, 6.45) is 40.3. The van der Waals surface area contributed by atoms with Gasteiger partial charge in [-0.25, -0.2) is 4.98 Å². The van der Waals surface area contributed by atoms with Crippen LogP contribution in [0.1, 0.15) is 287 Å². The molecular weight excluding hydrogens is 924 g/mol. The van der Waals surface area contributed by atoms with Crippen molar-refractivity contribution in [2.24, 2.45) is 9.98 Å². The maximum atomic E-state index is 7.12. The molecule has 3 nitrogen and oxygen atoms in total. The zero-order valence-electron chi connectivity index (χ0n) is 39.8. The van der Waals surface area contributed by atoms with E-state index in [0.29, 0.717) is 35.5 Å². The fraction of sp³-hybridized carbons (Fsp3) is 0.667. The van der Waals surface area contributed by atoms with Gasteiger partial charge in [0.05, 0.1) is 34.2 Å². The number of pyridine rings is 1. The van der Waals surface area contributed by atoms with E-state index in [1.807, 2.05) is 0 Å². The Morgan fingerprint density at radius 1 is 0.385 bits per heavy atom. The minimum atomic E-state index is 0. The molecule has 6 fully saturated rings.